The summed E-state index contributed by atoms with van der Waals surface area (Å²) in [6.07, 6.45) is 4.69. The summed E-state index contributed by atoms with van der Waals surface area (Å²) in [6.45, 7) is 3.08. The van der Waals surface area contributed by atoms with E-state index in [2.05, 4.69) is 40.7 Å². The lowest BCUT2D eigenvalue weighted by atomic mass is 10.1. The molecule has 0 bridgehead atoms. The van der Waals surface area contributed by atoms with Crippen LogP contribution in [0.25, 0.3) is 0 Å². The van der Waals surface area contributed by atoms with Gasteiger partial charge in [0.25, 0.3) is 0 Å². The monoisotopic (exact) mass is 270 g/mol. The van der Waals surface area contributed by atoms with E-state index in [0.29, 0.717) is 5.88 Å². The summed E-state index contributed by atoms with van der Waals surface area (Å²) in [5.41, 5.74) is 3.81. The number of halogens is 2. The molecule has 0 unspecified atom stereocenters. The van der Waals surface area contributed by atoms with Crippen molar-refractivity contribution in [1.82, 2.24) is 9.55 Å². The first-order valence-corrected chi connectivity index (χ1v) is 5.94. The fourth-order valence-corrected chi connectivity index (χ4v) is 2.01. The highest BCUT2D eigenvalue weighted by molar-refractivity contribution is 6.16. The van der Waals surface area contributed by atoms with Gasteiger partial charge in [-0.2, -0.15) is 0 Å². The molecule has 0 saturated heterocycles. The van der Waals surface area contributed by atoms with Gasteiger partial charge < -0.3 is 4.57 Å². The summed E-state index contributed by atoms with van der Waals surface area (Å²) < 4.78 is 2.11. The topological polar surface area (TPSA) is 17.8 Å². The molecule has 2 nitrogen and oxygen atoms in total. The normalized spacial score (nSPS) is 10.0. The Bertz CT molecular complexity index is 466. The molecule has 0 aliphatic carbocycles. The minimum Gasteiger partial charge on any atom is -0.333 e. The van der Waals surface area contributed by atoms with Gasteiger partial charge in [0.05, 0.1) is 17.9 Å². The first-order valence-electron chi connectivity index (χ1n) is 5.40. The molecule has 2 rings (SSSR count). The molecule has 0 fully saturated rings. The molecule has 92 valence electrons. The molecule has 17 heavy (non-hydrogen) atoms. The van der Waals surface area contributed by atoms with Crippen molar-refractivity contribution >= 4 is 24.0 Å². The largest absolute Gasteiger partial charge is 0.333 e. The van der Waals surface area contributed by atoms with E-state index < -0.39 is 0 Å². The molecule has 0 radical (unpaired) electrons. The Labute approximate surface area is 113 Å². The molecule has 0 spiro atoms. The number of hydrogen-bond donors (Lipinski definition) is 0. The Morgan fingerprint density at radius 3 is 2.76 bits per heavy atom. The van der Waals surface area contributed by atoms with Crippen LogP contribution >= 0.6 is 24.0 Å². The summed E-state index contributed by atoms with van der Waals surface area (Å²) in [4.78, 5) is 4.11. The lowest BCUT2D eigenvalue weighted by molar-refractivity contribution is 0.673. The number of alkyl halides is 1. The van der Waals surface area contributed by atoms with E-state index in [1.165, 1.54) is 11.1 Å². The Morgan fingerprint density at radius 2 is 2.06 bits per heavy atom. The highest BCUT2D eigenvalue weighted by Crippen LogP contribution is 2.10. The van der Waals surface area contributed by atoms with Crippen LogP contribution in [0.15, 0.2) is 36.8 Å². The van der Waals surface area contributed by atoms with Crippen LogP contribution in [0.3, 0.4) is 0 Å². The van der Waals surface area contributed by atoms with Gasteiger partial charge in [-0.1, -0.05) is 24.3 Å². The van der Waals surface area contributed by atoms with Crippen LogP contribution in [0.5, 0.6) is 0 Å². The van der Waals surface area contributed by atoms with E-state index in [0.717, 1.165) is 18.7 Å². The van der Waals surface area contributed by atoms with Crippen LogP contribution in [0.1, 0.15) is 16.8 Å². The zero-order valence-electron chi connectivity index (χ0n) is 9.77. The molecule has 2 aromatic rings. The van der Waals surface area contributed by atoms with Gasteiger partial charge in [0.1, 0.15) is 0 Å². The third-order valence-electron chi connectivity index (χ3n) is 2.82. The van der Waals surface area contributed by atoms with Gasteiger partial charge in [-0.3, -0.25) is 0 Å². The van der Waals surface area contributed by atoms with Crippen molar-refractivity contribution < 1.29 is 0 Å². The average Bonchev–Trinajstić information content (AvgIpc) is 2.75. The SMILES string of the molecule is Cc1ccccc1CCn1cncc1CCl.Cl. The molecule has 0 N–H and O–H groups in total. The fraction of sp³-hybridized carbons (Fsp3) is 0.308. The first-order chi connectivity index (χ1) is 7.81. The van der Waals surface area contributed by atoms with Crippen molar-refractivity contribution in [1.29, 1.82) is 0 Å². The molecule has 0 amide bonds. The Hall–Kier alpha value is -0.990. The highest BCUT2D eigenvalue weighted by Gasteiger charge is 2.02. The van der Waals surface area contributed by atoms with Gasteiger partial charge in [0.15, 0.2) is 0 Å². The number of aromatic nitrogens is 2. The predicted octanol–water partition coefficient (Wildman–Crippen LogP) is 3.59. The average molecular weight is 271 g/mol. The van der Waals surface area contributed by atoms with E-state index in [9.17, 15) is 0 Å². The second-order valence-corrected chi connectivity index (χ2v) is 4.16. The molecular weight excluding hydrogens is 255 g/mol. The van der Waals surface area contributed by atoms with Crippen LogP contribution in [0.4, 0.5) is 0 Å². The van der Waals surface area contributed by atoms with Crippen LogP contribution in [0.2, 0.25) is 0 Å². The van der Waals surface area contributed by atoms with E-state index >= 15 is 0 Å². The fourth-order valence-electron chi connectivity index (χ4n) is 1.79. The van der Waals surface area contributed by atoms with Crippen molar-refractivity contribution in [2.24, 2.45) is 0 Å². The zero-order chi connectivity index (χ0) is 11.4. The molecular formula is C13H16Cl2N2. The van der Waals surface area contributed by atoms with Crippen molar-refractivity contribution in [3.63, 3.8) is 0 Å². The minimum absolute atomic E-state index is 0. The van der Waals surface area contributed by atoms with Gasteiger partial charge in [-0.15, -0.1) is 24.0 Å². The molecule has 0 atom stereocenters. The number of hydrogen-bond acceptors (Lipinski definition) is 1. The Balaban J connectivity index is 0.00000144. The van der Waals surface area contributed by atoms with Crippen molar-refractivity contribution in [2.45, 2.75) is 25.8 Å². The number of imidazole rings is 1. The van der Waals surface area contributed by atoms with Crippen LogP contribution in [-0.2, 0) is 18.8 Å². The Kier molecular flexibility index (Phi) is 5.52. The van der Waals surface area contributed by atoms with Crippen LogP contribution in [0, 0.1) is 6.92 Å². The van der Waals surface area contributed by atoms with E-state index in [4.69, 9.17) is 11.6 Å². The molecule has 0 aliphatic rings. The van der Waals surface area contributed by atoms with E-state index in [1.807, 2.05) is 12.5 Å². The zero-order valence-corrected chi connectivity index (χ0v) is 11.3. The van der Waals surface area contributed by atoms with E-state index in [1.54, 1.807) is 0 Å². The second kappa shape index (κ2) is 6.67. The van der Waals surface area contributed by atoms with Crippen LogP contribution in [-0.4, -0.2) is 9.55 Å². The summed E-state index contributed by atoms with van der Waals surface area (Å²) >= 11 is 5.83. The van der Waals surface area contributed by atoms with Crippen molar-refractivity contribution in [3.8, 4) is 0 Å². The number of benzene rings is 1. The maximum atomic E-state index is 5.83. The molecule has 0 aliphatic heterocycles. The third-order valence-corrected chi connectivity index (χ3v) is 3.09. The first kappa shape index (κ1) is 14.1. The highest BCUT2D eigenvalue weighted by atomic mass is 35.5. The smallest absolute Gasteiger partial charge is 0.0948 e. The van der Waals surface area contributed by atoms with Gasteiger partial charge in [-0.25, -0.2) is 4.98 Å². The summed E-state index contributed by atoms with van der Waals surface area (Å²) in [7, 11) is 0. The third kappa shape index (κ3) is 3.48. The lowest BCUT2D eigenvalue weighted by Gasteiger charge is -2.08. The van der Waals surface area contributed by atoms with Gasteiger partial charge in [0, 0.05) is 12.7 Å². The Morgan fingerprint density at radius 1 is 1.29 bits per heavy atom. The maximum absolute atomic E-state index is 5.83. The minimum atomic E-state index is 0. The number of rotatable bonds is 4. The molecule has 1 aromatic carbocycles. The van der Waals surface area contributed by atoms with Gasteiger partial charge in [-0.05, 0) is 24.5 Å². The quantitative estimate of drug-likeness (QED) is 0.777. The second-order valence-electron chi connectivity index (χ2n) is 3.89. The van der Waals surface area contributed by atoms with Crippen LogP contribution < -0.4 is 0 Å². The van der Waals surface area contributed by atoms with Gasteiger partial charge >= 0.3 is 0 Å². The molecule has 1 heterocycles. The summed E-state index contributed by atoms with van der Waals surface area (Å²) in [6, 6.07) is 8.47. The predicted molar refractivity (Wildman–Crippen MR) is 73.9 cm³/mol. The molecule has 4 heteroatoms. The molecule has 1 aromatic heterocycles. The maximum Gasteiger partial charge on any atom is 0.0948 e. The lowest BCUT2D eigenvalue weighted by Crippen LogP contribution is -2.04. The molecule has 0 saturated carbocycles. The van der Waals surface area contributed by atoms with Crippen molar-refractivity contribution in [3.05, 3.63) is 53.6 Å². The number of aryl methyl sites for hydroxylation is 3. The number of nitrogens with zero attached hydrogens (tertiary/aromatic N) is 2. The van der Waals surface area contributed by atoms with E-state index in [-0.39, 0.29) is 12.4 Å². The van der Waals surface area contributed by atoms with Gasteiger partial charge in [0.2, 0.25) is 0 Å². The summed E-state index contributed by atoms with van der Waals surface area (Å²) in [5, 5.41) is 0. The summed E-state index contributed by atoms with van der Waals surface area (Å²) in [5.74, 6) is 0.522. The van der Waals surface area contributed by atoms with Crippen molar-refractivity contribution in [2.75, 3.05) is 0 Å². The standard InChI is InChI=1S/C13H15ClN2.ClH/c1-11-4-2-3-5-12(11)6-7-16-10-15-9-13(16)8-14;/h2-5,9-10H,6-8H2,1H3;1H.